The van der Waals surface area contributed by atoms with Crippen molar-refractivity contribution in [3.05, 3.63) is 0 Å². The predicted molar refractivity (Wildman–Crippen MR) is 75.3 cm³/mol. The van der Waals surface area contributed by atoms with Crippen LogP contribution in [0.4, 0.5) is 0 Å². The normalized spacial score (nSPS) is 24.9. The van der Waals surface area contributed by atoms with Gasteiger partial charge in [-0.15, -0.1) is 0 Å². The van der Waals surface area contributed by atoms with Crippen LogP contribution in [0, 0.1) is 5.92 Å². The number of hydrogen-bond acceptors (Lipinski definition) is 3. The lowest BCUT2D eigenvalue weighted by molar-refractivity contribution is -0.130. The minimum Gasteiger partial charge on any atom is -0.326 e. The second-order valence-corrected chi connectivity index (χ2v) is 6.02. The first kappa shape index (κ1) is 15.4. The van der Waals surface area contributed by atoms with Gasteiger partial charge in [0.05, 0.1) is 12.2 Å². The molecule has 18 heavy (non-hydrogen) atoms. The van der Waals surface area contributed by atoms with E-state index in [-0.39, 0.29) is 18.1 Å². The summed E-state index contributed by atoms with van der Waals surface area (Å²) >= 11 is 0. The first-order valence-electron chi connectivity index (χ1n) is 7.11. The molecule has 1 aliphatic rings. The van der Waals surface area contributed by atoms with Crippen molar-refractivity contribution >= 4 is 5.91 Å². The van der Waals surface area contributed by atoms with Crippen molar-refractivity contribution < 1.29 is 4.79 Å². The van der Waals surface area contributed by atoms with E-state index >= 15 is 0 Å². The molecule has 0 aliphatic carbocycles. The molecule has 0 radical (unpaired) electrons. The van der Waals surface area contributed by atoms with E-state index in [2.05, 4.69) is 51.9 Å². The number of hydrogen-bond donors (Lipinski definition) is 1. The fourth-order valence-electron chi connectivity index (χ4n) is 2.32. The number of nitrogens with one attached hydrogen (secondary N) is 1. The van der Waals surface area contributed by atoms with Gasteiger partial charge in [-0.05, 0) is 46.7 Å². The maximum absolute atomic E-state index is 12.2. The summed E-state index contributed by atoms with van der Waals surface area (Å²) in [7, 11) is 2.13. The third-order valence-electron chi connectivity index (χ3n) is 3.90. The third kappa shape index (κ3) is 3.69. The van der Waals surface area contributed by atoms with Crippen molar-refractivity contribution in [1.29, 1.82) is 0 Å². The Hall–Kier alpha value is -0.610. The quantitative estimate of drug-likeness (QED) is 0.781. The van der Waals surface area contributed by atoms with Gasteiger partial charge in [0, 0.05) is 12.6 Å². The van der Waals surface area contributed by atoms with Gasteiger partial charge in [0.25, 0.3) is 0 Å². The van der Waals surface area contributed by atoms with Gasteiger partial charge >= 0.3 is 0 Å². The Morgan fingerprint density at radius 1 is 1.33 bits per heavy atom. The maximum Gasteiger partial charge on any atom is 0.241 e. The van der Waals surface area contributed by atoms with E-state index in [0.29, 0.717) is 12.0 Å². The minimum absolute atomic E-state index is 0.00262. The second kappa shape index (κ2) is 6.53. The molecule has 1 heterocycles. The van der Waals surface area contributed by atoms with Crippen molar-refractivity contribution in [3.8, 4) is 0 Å². The molecule has 2 unspecified atom stereocenters. The van der Waals surface area contributed by atoms with E-state index in [0.717, 1.165) is 19.5 Å². The summed E-state index contributed by atoms with van der Waals surface area (Å²) < 4.78 is 0. The van der Waals surface area contributed by atoms with Crippen molar-refractivity contribution in [2.75, 3.05) is 20.1 Å². The van der Waals surface area contributed by atoms with Crippen LogP contribution in [0.3, 0.4) is 0 Å². The molecule has 1 fully saturated rings. The molecule has 0 saturated carbocycles. The van der Waals surface area contributed by atoms with Gasteiger partial charge in [0.2, 0.25) is 5.91 Å². The van der Waals surface area contributed by atoms with Crippen LogP contribution < -0.4 is 5.32 Å². The zero-order valence-electron chi connectivity index (χ0n) is 12.7. The third-order valence-corrected chi connectivity index (χ3v) is 3.90. The summed E-state index contributed by atoms with van der Waals surface area (Å²) in [5.41, 5.74) is 0. The molecule has 4 heteroatoms. The van der Waals surface area contributed by atoms with Gasteiger partial charge in [0.1, 0.15) is 0 Å². The molecule has 2 atom stereocenters. The Balaban J connectivity index is 2.41. The highest BCUT2D eigenvalue weighted by Gasteiger charge is 2.37. The van der Waals surface area contributed by atoms with Crippen molar-refractivity contribution in [3.63, 3.8) is 0 Å². The molecule has 1 saturated heterocycles. The first-order chi connectivity index (χ1) is 8.34. The van der Waals surface area contributed by atoms with Gasteiger partial charge in [-0.2, -0.15) is 0 Å². The van der Waals surface area contributed by atoms with Gasteiger partial charge in [0.15, 0.2) is 0 Å². The van der Waals surface area contributed by atoms with Gasteiger partial charge in [-0.25, -0.2) is 0 Å². The number of carbonyl (C=O) groups is 1. The van der Waals surface area contributed by atoms with E-state index in [9.17, 15) is 4.79 Å². The molecule has 106 valence electrons. The predicted octanol–water partition coefficient (Wildman–Crippen LogP) is 1.52. The fourth-order valence-corrected chi connectivity index (χ4v) is 2.32. The summed E-state index contributed by atoms with van der Waals surface area (Å²) in [6.07, 6.45) is 1.21. The fraction of sp³-hybridized carbons (Fsp3) is 0.929. The average Bonchev–Trinajstić information content (AvgIpc) is 2.56. The van der Waals surface area contributed by atoms with E-state index < -0.39 is 0 Å². The molecule has 1 rings (SSSR count). The largest absolute Gasteiger partial charge is 0.326 e. The number of amides is 1. The van der Waals surface area contributed by atoms with E-state index in [1.807, 2.05) is 4.90 Å². The Bertz CT molecular complexity index is 278. The SMILES string of the molecule is CC(C)C1NC(C)N(CCCN(C)C(C)C)C1=O. The number of rotatable bonds is 6. The highest BCUT2D eigenvalue weighted by Crippen LogP contribution is 2.16. The van der Waals surface area contributed by atoms with Crippen LogP contribution >= 0.6 is 0 Å². The zero-order valence-corrected chi connectivity index (χ0v) is 12.7. The molecule has 1 amide bonds. The minimum atomic E-state index is 0.00262. The van der Waals surface area contributed by atoms with Crippen LogP contribution in [-0.2, 0) is 4.79 Å². The topological polar surface area (TPSA) is 35.6 Å². The molecule has 1 aliphatic heterocycles. The second-order valence-electron chi connectivity index (χ2n) is 6.02. The average molecular weight is 255 g/mol. The summed E-state index contributed by atoms with van der Waals surface area (Å²) in [6.45, 7) is 12.6. The summed E-state index contributed by atoms with van der Waals surface area (Å²) in [5, 5.41) is 3.38. The molecular weight excluding hydrogens is 226 g/mol. The summed E-state index contributed by atoms with van der Waals surface area (Å²) in [5.74, 6) is 0.632. The van der Waals surface area contributed by atoms with Crippen molar-refractivity contribution in [2.45, 2.75) is 59.3 Å². The van der Waals surface area contributed by atoms with Crippen LogP contribution in [-0.4, -0.2) is 54.1 Å². The maximum atomic E-state index is 12.2. The molecule has 0 spiro atoms. The molecule has 0 bridgehead atoms. The monoisotopic (exact) mass is 255 g/mol. The van der Waals surface area contributed by atoms with E-state index in [1.165, 1.54) is 0 Å². The lowest BCUT2D eigenvalue weighted by atomic mass is 10.1. The number of carbonyl (C=O) groups excluding carboxylic acids is 1. The lowest BCUT2D eigenvalue weighted by Crippen LogP contribution is -2.37. The molecular formula is C14H29N3O. The van der Waals surface area contributed by atoms with E-state index in [4.69, 9.17) is 0 Å². The summed E-state index contributed by atoms with van der Waals surface area (Å²) in [6, 6.07) is 0.570. The zero-order chi connectivity index (χ0) is 13.9. The molecule has 0 aromatic rings. The molecule has 0 aromatic carbocycles. The highest BCUT2D eigenvalue weighted by atomic mass is 16.2. The molecule has 1 N–H and O–H groups in total. The smallest absolute Gasteiger partial charge is 0.241 e. The first-order valence-corrected chi connectivity index (χ1v) is 7.11. The van der Waals surface area contributed by atoms with Crippen LogP contribution in [0.2, 0.25) is 0 Å². The van der Waals surface area contributed by atoms with E-state index in [1.54, 1.807) is 0 Å². The Morgan fingerprint density at radius 3 is 2.39 bits per heavy atom. The standard InChI is InChI=1S/C14H29N3O/c1-10(2)13-14(18)17(12(5)15-13)9-7-8-16(6)11(3)4/h10-13,15H,7-9H2,1-6H3. The number of nitrogens with zero attached hydrogens (tertiary/aromatic N) is 2. The lowest BCUT2D eigenvalue weighted by Gasteiger charge is -2.24. The van der Waals surface area contributed by atoms with Crippen LogP contribution in [0.25, 0.3) is 0 Å². The van der Waals surface area contributed by atoms with Crippen molar-refractivity contribution in [1.82, 2.24) is 15.1 Å². The Labute approximate surface area is 112 Å². The Morgan fingerprint density at radius 2 is 1.94 bits per heavy atom. The van der Waals surface area contributed by atoms with Crippen LogP contribution in [0.5, 0.6) is 0 Å². The summed E-state index contributed by atoms with van der Waals surface area (Å²) in [4.78, 5) is 16.5. The van der Waals surface area contributed by atoms with Gasteiger partial charge in [-0.1, -0.05) is 13.8 Å². The van der Waals surface area contributed by atoms with Gasteiger partial charge < -0.3 is 9.80 Å². The molecule has 4 nitrogen and oxygen atoms in total. The Kier molecular flexibility index (Phi) is 5.60. The van der Waals surface area contributed by atoms with Crippen LogP contribution in [0.1, 0.15) is 41.0 Å². The van der Waals surface area contributed by atoms with Crippen LogP contribution in [0.15, 0.2) is 0 Å². The molecule has 0 aromatic heterocycles. The highest BCUT2D eigenvalue weighted by molar-refractivity contribution is 5.84. The van der Waals surface area contributed by atoms with Crippen molar-refractivity contribution in [2.24, 2.45) is 5.92 Å². The van der Waals surface area contributed by atoms with Gasteiger partial charge in [-0.3, -0.25) is 10.1 Å².